The molecule has 0 bridgehead atoms. The van der Waals surface area contributed by atoms with Crippen LogP contribution >= 0.6 is 0 Å². The van der Waals surface area contributed by atoms with Gasteiger partial charge in [0.15, 0.2) is 0 Å². The van der Waals surface area contributed by atoms with Crippen molar-refractivity contribution >= 4 is 10.0 Å². The molecule has 1 atom stereocenters. The van der Waals surface area contributed by atoms with E-state index in [1.54, 1.807) is 0 Å². The van der Waals surface area contributed by atoms with E-state index in [0.717, 1.165) is 25.8 Å². The molecule has 2 fully saturated rings. The third-order valence-electron chi connectivity index (χ3n) is 4.73. The maximum atomic E-state index is 12.0. The van der Waals surface area contributed by atoms with Crippen LogP contribution in [0.5, 0.6) is 0 Å². The maximum absolute atomic E-state index is 12.0. The zero-order valence-corrected chi connectivity index (χ0v) is 12.6. The molecule has 0 aromatic heterocycles. The molecule has 1 aliphatic carbocycles. The van der Waals surface area contributed by atoms with Gasteiger partial charge in [-0.25, -0.2) is 13.1 Å². The normalized spacial score (nSPS) is 30.1. The lowest BCUT2D eigenvalue weighted by atomic mass is 9.77. The van der Waals surface area contributed by atoms with E-state index in [4.69, 9.17) is 0 Å². The van der Waals surface area contributed by atoms with Crippen molar-refractivity contribution in [3.8, 4) is 0 Å². The van der Waals surface area contributed by atoms with Crippen LogP contribution in [0.4, 0.5) is 0 Å². The minimum atomic E-state index is -3.07. The summed E-state index contributed by atoms with van der Waals surface area (Å²) in [4.78, 5) is 2.30. The van der Waals surface area contributed by atoms with Crippen LogP contribution in [0.25, 0.3) is 0 Å². The predicted octanol–water partition coefficient (Wildman–Crippen LogP) is 1.58. The van der Waals surface area contributed by atoms with Gasteiger partial charge in [0, 0.05) is 12.6 Å². The minimum absolute atomic E-state index is 0.130. The first kappa shape index (κ1) is 14.3. The minimum Gasteiger partial charge on any atom is -0.302 e. The summed E-state index contributed by atoms with van der Waals surface area (Å²) in [7, 11) is -0.973. The Morgan fingerprint density at radius 2 is 1.94 bits per heavy atom. The summed E-state index contributed by atoms with van der Waals surface area (Å²) >= 11 is 0. The number of rotatable bonds is 4. The summed E-state index contributed by atoms with van der Waals surface area (Å²) in [5.41, 5.74) is 0.190. The highest BCUT2D eigenvalue weighted by atomic mass is 32.2. The second-order valence-electron chi connectivity index (χ2n) is 6.53. The zero-order valence-electron chi connectivity index (χ0n) is 11.8. The van der Waals surface area contributed by atoms with Crippen molar-refractivity contribution in [2.75, 3.05) is 20.1 Å². The second kappa shape index (κ2) is 5.10. The maximum Gasteiger partial charge on any atom is 0.214 e. The standard InChI is InChI=1S/C13H26N2O2S/c1-13(2)8-5-9-15(3)12(13)10-14-18(16,17)11-6-4-7-11/h11-12,14H,4-10H2,1-3H3. The van der Waals surface area contributed by atoms with Crippen molar-refractivity contribution in [2.24, 2.45) is 5.41 Å². The molecule has 5 heteroatoms. The van der Waals surface area contributed by atoms with Crippen LogP contribution < -0.4 is 4.72 Å². The Morgan fingerprint density at radius 3 is 2.44 bits per heavy atom. The molecule has 106 valence electrons. The van der Waals surface area contributed by atoms with Crippen LogP contribution in [0.3, 0.4) is 0 Å². The molecule has 4 nitrogen and oxygen atoms in total. The summed E-state index contributed by atoms with van der Waals surface area (Å²) in [5, 5.41) is -0.130. The van der Waals surface area contributed by atoms with E-state index in [0.29, 0.717) is 12.6 Å². The number of nitrogens with one attached hydrogen (secondary N) is 1. The topological polar surface area (TPSA) is 49.4 Å². The van der Waals surface area contributed by atoms with Gasteiger partial charge in [0.1, 0.15) is 0 Å². The van der Waals surface area contributed by atoms with E-state index in [1.165, 1.54) is 12.8 Å². The van der Waals surface area contributed by atoms with E-state index >= 15 is 0 Å². The Kier molecular flexibility index (Phi) is 4.04. The van der Waals surface area contributed by atoms with Crippen LogP contribution in [-0.4, -0.2) is 44.7 Å². The Hall–Kier alpha value is -0.130. The molecule has 0 spiro atoms. The van der Waals surface area contributed by atoms with Gasteiger partial charge in [0.05, 0.1) is 5.25 Å². The summed E-state index contributed by atoms with van der Waals surface area (Å²) in [6.07, 6.45) is 5.10. The molecular formula is C13H26N2O2S. The van der Waals surface area contributed by atoms with E-state index in [-0.39, 0.29) is 10.7 Å². The Labute approximate surface area is 111 Å². The van der Waals surface area contributed by atoms with Crippen molar-refractivity contribution in [3.63, 3.8) is 0 Å². The fourth-order valence-electron chi connectivity index (χ4n) is 3.13. The van der Waals surface area contributed by atoms with E-state index in [1.807, 2.05) is 0 Å². The number of likely N-dealkylation sites (tertiary alicyclic amines) is 1. The lowest BCUT2D eigenvalue weighted by Gasteiger charge is -2.45. The second-order valence-corrected chi connectivity index (χ2v) is 8.58. The monoisotopic (exact) mass is 274 g/mol. The molecule has 1 unspecified atom stereocenters. The summed E-state index contributed by atoms with van der Waals surface area (Å²) < 4.78 is 26.9. The molecule has 0 amide bonds. The van der Waals surface area contributed by atoms with Crippen LogP contribution in [-0.2, 0) is 10.0 Å². The Bertz CT molecular complexity index is 388. The van der Waals surface area contributed by atoms with E-state index < -0.39 is 10.0 Å². The van der Waals surface area contributed by atoms with Gasteiger partial charge in [-0.2, -0.15) is 0 Å². The highest BCUT2D eigenvalue weighted by molar-refractivity contribution is 7.90. The van der Waals surface area contributed by atoms with Crippen molar-refractivity contribution in [2.45, 2.75) is 57.2 Å². The highest BCUT2D eigenvalue weighted by Gasteiger charge is 2.38. The summed E-state index contributed by atoms with van der Waals surface area (Å²) in [6, 6.07) is 0.307. The third-order valence-corrected chi connectivity index (χ3v) is 6.65. The predicted molar refractivity (Wildman–Crippen MR) is 74.0 cm³/mol. The molecule has 1 saturated heterocycles. The molecule has 2 aliphatic rings. The lowest BCUT2D eigenvalue weighted by molar-refractivity contribution is 0.0618. The van der Waals surface area contributed by atoms with Gasteiger partial charge in [-0.15, -0.1) is 0 Å². The van der Waals surface area contributed by atoms with Gasteiger partial charge >= 0.3 is 0 Å². The molecular weight excluding hydrogens is 248 g/mol. The van der Waals surface area contributed by atoms with E-state index in [2.05, 4.69) is 30.5 Å². The quantitative estimate of drug-likeness (QED) is 0.847. The lowest BCUT2D eigenvalue weighted by Crippen LogP contribution is -2.54. The number of sulfonamides is 1. The van der Waals surface area contributed by atoms with Crippen LogP contribution in [0.2, 0.25) is 0 Å². The number of piperidine rings is 1. The van der Waals surface area contributed by atoms with Crippen LogP contribution in [0, 0.1) is 5.41 Å². The fourth-order valence-corrected chi connectivity index (χ4v) is 4.71. The first-order valence-corrected chi connectivity index (χ1v) is 8.56. The highest BCUT2D eigenvalue weighted by Crippen LogP contribution is 2.34. The average Bonchev–Trinajstić information content (AvgIpc) is 2.11. The van der Waals surface area contributed by atoms with Gasteiger partial charge in [0.25, 0.3) is 0 Å². The molecule has 1 heterocycles. The van der Waals surface area contributed by atoms with Gasteiger partial charge in [-0.1, -0.05) is 20.3 Å². The number of nitrogens with zero attached hydrogens (tertiary/aromatic N) is 1. The van der Waals surface area contributed by atoms with Crippen molar-refractivity contribution in [3.05, 3.63) is 0 Å². The Morgan fingerprint density at radius 1 is 1.28 bits per heavy atom. The van der Waals surface area contributed by atoms with Crippen molar-refractivity contribution in [1.82, 2.24) is 9.62 Å². The average molecular weight is 274 g/mol. The number of hydrogen-bond donors (Lipinski definition) is 1. The summed E-state index contributed by atoms with van der Waals surface area (Å²) in [6.45, 7) is 6.11. The first-order chi connectivity index (χ1) is 8.33. The van der Waals surface area contributed by atoms with Gasteiger partial charge in [-0.3, -0.25) is 0 Å². The zero-order chi connectivity index (χ0) is 13.4. The molecule has 0 aromatic carbocycles. The fraction of sp³-hybridized carbons (Fsp3) is 1.00. The summed E-state index contributed by atoms with van der Waals surface area (Å²) in [5.74, 6) is 0. The van der Waals surface area contributed by atoms with Gasteiger partial charge < -0.3 is 4.90 Å². The van der Waals surface area contributed by atoms with Gasteiger partial charge in [0.2, 0.25) is 10.0 Å². The molecule has 1 N–H and O–H groups in total. The van der Waals surface area contributed by atoms with E-state index in [9.17, 15) is 8.42 Å². The van der Waals surface area contributed by atoms with Crippen molar-refractivity contribution in [1.29, 1.82) is 0 Å². The number of likely N-dealkylation sites (N-methyl/N-ethyl adjacent to an activating group) is 1. The molecule has 0 aromatic rings. The number of hydrogen-bond acceptors (Lipinski definition) is 3. The van der Waals surface area contributed by atoms with Crippen molar-refractivity contribution < 1.29 is 8.42 Å². The first-order valence-electron chi connectivity index (χ1n) is 7.02. The molecule has 2 rings (SSSR count). The van der Waals surface area contributed by atoms with Crippen LogP contribution in [0.15, 0.2) is 0 Å². The molecule has 1 saturated carbocycles. The smallest absolute Gasteiger partial charge is 0.214 e. The molecule has 1 aliphatic heterocycles. The molecule has 0 radical (unpaired) electrons. The van der Waals surface area contributed by atoms with Crippen LogP contribution in [0.1, 0.15) is 46.0 Å². The Balaban J connectivity index is 1.95. The molecule has 18 heavy (non-hydrogen) atoms. The SMILES string of the molecule is CN1CCCC(C)(C)C1CNS(=O)(=O)C1CCC1. The van der Waals surface area contributed by atoms with Gasteiger partial charge in [-0.05, 0) is 44.7 Å². The largest absolute Gasteiger partial charge is 0.302 e. The third kappa shape index (κ3) is 2.89.